The van der Waals surface area contributed by atoms with Crippen molar-refractivity contribution in [3.8, 4) is 0 Å². The van der Waals surface area contributed by atoms with Crippen LogP contribution in [0.25, 0.3) is 5.65 Å². The molecule has 0 unspecified atom stereocenters. The fourth-order valence-electron chi connectivity index (χ4n) is 3.54. The molecule has 3 aromatic rings. The van der Waals surface area contributed by atoms with Crippen molar-refractivity contribution in [1.29, 1.82) is 0 Å². The van der Waals surface area contributed by atoms with Gasteiger partial charge in [0.2, 0.25) is 0 Å². The summed E-state index contributed by atoms with van der Waals surface area (Å²) in [6.07, 6.45) is 4.24. The Balaban J connectivity index is 1.58. The van der Waals surface area contributed by atoms with Gasteiger partial charge in [0.15, 0.2) is 5.65 Å². The zero-order valence-electron chi connectivity index (χ0n) is 16.3. The molecular weight excluding hydrogens is 356 g/mol. The van der Waals surface area contributed by atoms with Gasteiger partial charge in [-0.15, -0.1) is 0 Å². The average Bonchev–Trinajstić information content (AvgIpc) is 3.35. The second kappa shape index (κ2) is 8.15. The number of aliphatic hydroxyl groups excluding tert-OH is 1. The Kier molecular flexibility index (Phi) is 5.45. The van der Waals surface area contributed by atoms with Crippen molar-refractivity contribution in [2.45, 2.75) is 38.8 Å². The van der Waals surface area contributed by atoms with E-state index in [0.717, 1.165) is 41.5 Å². The molecule has 0 radical (unpaired) electrons. The minimum absolute atomic E-state index is 0.218. The Morgan fingerprint density at radius 3 is 3.00 bits per heavy atom. The average molecular weight is 384 g/mol. The van der Waals surface area contributed by atoms with Crippen LogP contribution in [0.1, 0.15) is 37.4 Å². The van der Waals surface area contributed by atoms with Crippen molar-refractivity contribution in [2.24, 2.45) is 5.92 Å². The second-order valence-electron chi connectivity index (χ2n) is 7.65. The fraction of sp³-hybridized carbons (Fsp3) is 0.526. The Hall–Kier alpha value is -2.65. The number of β-amino-alcohol motifs (C(OH)–C–C–N with tert-alkyl or cyclic N) is 1. The molecule has 0 spiro atoms. The topological polar surface area (TPSA) is 115 Å². The first-order valence-electron chi connectivity index (χ1n) is 9.85. The summed E-state index contributed by atoms with van der Waals surface area (Å²) < 4.78 is 1.84. The van der Waals surface area contributed by atoms with E-state index in [1.54, 1.807) is 6.20 Å². The summed E-state index contributed by atoms with van der Waals surface area (Å²) in [5.74, 6) is 2.19. The van der Waals surface area contributed by atoms with Crippen LogP contribution in [-0.2, 0) is 6.54 Å². The highest BCUT2D eigenvalue weighted by atomic mass is 16.3. The molecule has 3 aromatic heterocycles. The molecule has 28 heavy (non-hydrogen) atoms. The summed E-state index contributed by atoms with van der Waals surface area (Å²) >= 11 is 0. The van der Waals surface area contributed by atoms with Gasteiger partial charge in [-0.05, 0) is 24.9 Å². The lowest BCUT2D eigenvalue weighted by molar-refractivity contribution is 0.0883. The van der Waals surface area contributed by atoms with Gasteiger partial charge in [-0.1, -0.05) is 13.8 Å². The van der Waals surface area contributed by atoms with Crippen LogP contribution >= 0.6 is 0 Å². The number of aliphatic hydroxyl groups is 1. The van der Waals surface area contributed by atoms with Crippen molar-refractivity contribution < 1.29 is 5.11 Å². The van der Waals surface area contributed by atoms with E-state index in [9.17, 15) is 5.11 Å². The molecule has 1 aliphatic heterocycles. The first-order valence-corrected chi connectivity index (χ1v) is 9.85. The molecule has 0 bridgehead atoms. The molecule has 0 aliphatic carbocycles. The van der Waals surface area contributed by atoms with Crippen molar-refractivity contribution >= 4 is 17.3 Å². The Labute approximate surface area is 163 Å². The van der Waals surface area contributed by atoms with Gasteiger partial charge in [0.05, 0.1) is 24.5 Å². The number of nitrogens with one attached hydrogen (secondary N) is 4. The van der Waals surface area contributed by atoms with E-state index in [1.165, 1.54) is 0 Å². The number of fused-ring (bicyclic) bond motifs is 1. The van der Waals surface area contributed by atoms with E-state index in [4.69, 9.17) is 4.98 Å². The predicted octanol–water partition coefficient (Wildman–Crippen LogP) is 1.57. The maximum atomic E-state index is 10.2. The lowest BCUT2D eigenvalue weighted by Gasteiger charge is -2.28. The quantitative estimate of drug-likeness (QED) is 0.420. The van der Waals surface area contributed by atoms with Crippen molar-refractivity contribution in [2.75, 3.05) is 30.3 Å². The van der Waals surface area contributed by atoms with E-state index in [1.807, 2.05) is 22.8 Å². The number of nitrogens with zero attached hydrogens (tertiary/aromatic N) is 4. The Morgan fingerprint density at radius 1 is 1.36 bits per heavy atom. The molecule has 4 rings (SSSR count). The highest BCUT2D eigenvalue weighted by Crippen LogP contribution is 2.25. The SMILES string of the molecule is CC(C)c1cnn2c(NCc3ccn[nH]3)cc(NC[C@H]3CCNC[C@@H]3O)nc12. The molecule has 0 aromatic carbocycles. The lowest BCUT2D eigenvalue weighted by Crippen LogP contribution is -2.43. The predicted molar refractivity (Wildman–Crippen MR) is 108 cm³/mol. The normalized spacial score (nSPS) is 20.0. The highest BCUT2D eigenvalue weighted by Gasteiger charge is 2.23. The van der Waals surface area contributed by atoms with Gasteiger partial charge in [0.25, 0.3) is 0 Å². The van der Waals surface area contributed by atoms with Gasteiger partial charge in [0.1, 0.15) is 11.6 Å². The van der Waals surface area contributed by atoms with E-state index >= 15 is 0 Å². The van der Waals surface area contributed by atoms with E-state index in [2.05, 4.69) is 45.1 Å². The summed E-state index contributed by atoms with van der Waals surface area (Å²) in [5, 5.41) is 31.7. The first-order chi connectivity index (χ1) is 13.6. The number of aromatic amines is 1. The number of piperidine rings is 1. The Bertz CT molecular complexity index is 904. The summed E-state index contributed by atoms with van der Waals surface area (Å²) in [4.78, 5) is 4.80. The van der Waals surface area contributed by atoms with Crippen LogP contribution in [0.4, 0.5) is 11.6 Å². The van der Waals surface area contributed by atoms with Crippen LogP contribution in [0, 0.1) is 5.92 Å². The minimum atomic E-state index is -0.329. The maximum absolute atomic E-state index is 10.2. The molecule has 5 N–H and O–H groups in total. The van der Waals surface area contributed by atoms with Gasteiger partial charge in [-0.3, -0.25) is 5.10 Å². The summed E-state index contributed by atoms with van der Waals surface area (Å²) in [6, 6.07) is 3.90. The minimum Gasteiger partial charge on any atom is -0.391 e. The monoisotopic (exact) mass is 384 g/mol. The zero-order valence-corrected chi connectivity index (χ0v) is 16.3. The van der Waals surface area contributed by atoms with Crippen LogP contribution in [0.2, 0.25) is 0 Å². The largest absolute Gasteiger partial charge is 0.391 e. The smallest absolute Gasteiger partial charge is 0.163 e. The van der Waals surface area contributed by atoms with Crippen molar-refractivity contribution in [1.82, 2.24) is 30.1 Å². The molecule has 1 aliphatic rings. The summed E-state index contributed by atoms with van der Waals surface area (Å²) in [6.45, 7) is 7.17. The molecule has 9 heteroatoms. The third kappa shape index (κ3) is 3.95. The highest BCUT2D eigenvalue weighted by molar-refractivity contribution is 5.61. The molecule has 9 nitrogen and oxygen atoms in total. The third-order valence-electron chi connectivity index (χ3n) is 5.27. The van der Waals surface area contributed by atoms with Crippen LogP contribution in [0.5, 0.6) is 0 Å². The molecule has 150 valence electrons. The molecule has 4 heterocycles. The molecule has 0 saturated carbocycles. The number of rotatable bonds is 7. The number of anilines is 2. The maximum Gasteiger partial charge on any atom is 0.163 e. The molecule has 1 fully saturated rings. The van der Waals surface area contributed by atoms with Crippen molar-refractivity contribution in [3.63, 3.8) is 0 Å². The van der Waals surface area contributed by atoms with E-state index in [0.29, 0.717) is 25.6 Å². The van der Waals surface area contributed by atoms with Gasteiger partial charge in [-0.25, -0.2) is 4.98 Å². The van der Waals surface area contributed by atoms with E-state index < -0.39 is 0 Å². The van der Waals surface area contributed by atoms with Crippen LogP contribution in [0.15, 0.2) is 24.5 Å². The first kappa shape index (κ1) is 18.7. The molecular formula is C19H28N8O. The molecule has 0 amide bonds. The number of H-pyrrole nitrogens is 1. The zero-order chi connectivity index (χ0) is 19.5. The lowest BCUT2D eigenvalue weighted by atomic mass is 9.95. The summed E-state index contributed by atoms with van der Waals surface area (Å²) in [5.41, 5.74) is 2.95. The van der Waals surface area contributed by atoms with E-state index in [-0.39, 0.29) is 12.0 Å². The van der Waals surface area contributed by atoms with Crippen LogP contribution in [-0.4, -0.2) is 55.6 Å². The standard InChI is InChI=1S/C19H28N8O/c1-12(2)15-10-24-27-18(22-9-14-4-6-23-26-14)7-17(25-19(15)27)21-8-13-3-5-20-11-16(13)28/h4,6-7,10,12-13,16,20,22,28H,3,5,8-9,11H2,1-2H3,(H,21,25)(H,23,26)/t13-,16+/m1/s1. The summed E-state index contributed by atoms with van der Waals surface area (Å²) in [7, 11) is 0. The van der Waals surface area contributed by atoms with Crippen LogP contribution < -0.4 is 16.0 Å². The van der Waals surface area contributed by atoms with Crippen molar-refractivity contribution in [3.05, 3.63) is 35.8 Å². The van der Waals surface area contributed by atoms with Gasteiger partial charge >= 0.3 is 0 Å². The van der Waals surface area contributed by atoms with Gasteiger partial charge in [-0.2, -0.15) is 14.7 Å². The van der Waals surface area contributed by atoms with Crippen LogP contribution in [0.3, 0.4) is 0 Å². The molecule has 1 saturated heterocycles. The second-order valence-corrected chi connectivity index (χ2v) is 7.65. The third-order valence-corrected chi connectivity index (χ3v) is 5.27. The molecule has 2 atom stereocenters. The number of hydrogen-bond acceptors (Lipinski definition) is 7. The number of aromatic nitrogens is 5. The van der Waals surface area contributed by atoms with Gasteiger partial charge in [0, 0.05) is 36.8 Å². The van der Waals surface area contributed by atoms with Gasteiger partial charge < -0.3 is 21.1 Å². The fourth-order valence-corrected chi connectivity index (χ4v) is 3.54. The number of hydrogen-bond donors (Lipinski definition) is 5. The Morgan fingerprint density at radius 2 is 2.25 bits per heavy atom.